The van der Waals surface area contributed by atoms with Gasteiger partial charge in [-0.2, -0.15) is 0 Å². The van der Waals surface area contributed by atoms with Crippen LogP contribution in [0.25, 0.3) is 0 Å². The average Bonchev–Trinajstić information content (AvgIpc) is 3.08. The number of hydrogen-bond donors (Lipinski definition) is 1. The van der Waals surface area contributed by atoms with E-state index in [4.69, 9.17) is 4.74 Å². The molecule has 0 spiro atoms. The van der Waals surface area contributed by atoms with E-state index in [1.165, 1.54) is 12.1 Å². The number of fused-ring (bicyclic) bond motifs is 2. The first kappa shape index (κ1) is 14.7. The Morgan fingerprint density at radius 2 is 2.19 bits per heavy atom. The Kier molecular flexibility index (Phi) is 3.86. The summed E-state index contributed by atoms with van der Waals surface area (Å²) in [5.74, 6) is -0.0599. The number of rotatable bonds is 5. The third-order valence-corrected chi connectivity index (χ3v) is 5.69. The number of carbonyl (C=O) groups is 1. The molecule has 1 aromatic rings. The molecule has 0 radical (unpaired) electrons. The maximum atomic E-state index is 12.4. The number of ketones is 1. The third-order valence-electron chi connectivity index (χ3n) is 4.20. The Morgan fingerprint density at radius 1 is 1.38 bits per heavy atom. The van der Waals surface area contributed by atoms with Crippen molar-refractivity contribution < 1.29 is 17.9 Å². The Morgan fingerprint density at radius 3 is 2.81 bits per heavy atom. The van der Waals surface area contributed by atoms with Crippen molar-refractivity contribution in [3.8, 4) is 0 Å². The van der Waals surface area contributed by atoms with Gasteiger partial charge in [0.2, 0.25) is 10.0 Å². The number of nitrogens with one attached hydrogen (secondary N) is 1. The van der Waals surface area contributed by atoms with Crippen LogP contribution in [0.15, 0.2) is 29.2 Å². The Bertz CT molecular complexity index is 655. The molecule has 2 fully saturated rings. The molecule has 114 valence electrons. The summed E-state index contributed by atoms with van der Waals surface area (Å²) in [6, 6.07) is 6.06. The van der Waals surface area contributed by atoms with Crippen LogP contribution in [0.2, 0.25) is 0 Å². The van der Waals surface area contributed by atoms with Crippen molar-refractivity contribution in [1.29, 1.82) is 0 Å². The highest BCUT2D eigenvalue weighted by molar-refractivity contribution is 7.89. The van der Waals surface area contributed by atoms with E-state index < -0.39 is 10.0 Å². The topological polar surface area (TPSA) is 72.5 Å². The van der Waals surface area contributed by atoms with Gasteiger partial charge in [-0.3, -0.25) is 4.79 Å². The molecule has 1 N–H and O–H groups in total. The van der Waals surface area contributed by atoms with Gasteiger partial charge in [-0.1, -0.05) is 19.1 Å². The predicted octanol–water partition coefficient (Wildman–Crippen LogP) is 1.88. The number of carbonyl (C=O) groups excluding carboxylic acids is 1. The van der Waals surface area contributed by atoms with Gasteiger partial charge in [0.1, 0.15) is 0 Å². The van der Waals surface area contributed by atoms with Crippen LogP contribution in [-0.4, -0.2) is 32.5 Å². The summed E-state index contributed by atoms with van der Waals surface area (Å²) in [6.07, 6.45) is 3.20. The van der Waals surface area contributed by atoms with Gasteiger partial charge in [-0.15, -0.1) is 0 Å². The molecule has 2 aliphatic heterocycles. The van der Waals surface area contributed by atoms with Gasteiger partial charge in [0.05, 0.1) is 23.1 Å². The van der Waals surface area contributed by atoms with Gasteiger partial charge < -0.3 is 4.74 Å². The maximum absolute atomic E-state index is 12.4. The van der Waals surface area contributed by atoms with Crippen molar-refractivity contribution in [2.75, 3.05) is 0 Å². The molecule has 2 heterocycles. The second-order valence-electron chi connectivity index (χ2n) is 5.64. The van der Waals surface area contributed by atoms with E-state index in [1.54, 1.807) is 19.1 Å². The summed E-state index contributed by atoms with van der Waals surface area (Å²) < 4.78 is 33.3. The van der Waals surface area contributed by atoms with Crippen LogP contribution in [0.3, 0.4) is 0 Å². The fourth-order valence-corrected chi connectivity index (χ4v) is 4.39. The second-order valence-corrected chi connectivity index (χ2v) is 7.36. The highest BCUT2D eigenvalue weighted by atomic mass is 32.2. The molecule has 21 heavy (non-hydrogen) atoms. The SMILES string of the molecule is CCC(=O)c1cccc(S(=O)(=O)NC2CC3CCC2O3)c1. The molecule has 0 amide bonds. The zero-order valence-corrected chi connectivity index (χ0v) is 12.7. The molecular formula is C15H19NO4S. The highest BCUT2D eigenvalue weighted by Crippen LogP contribution is 2.35. The van der Waals surface area contributed by atoms with Crippen LogP contribution in [-0.2, 0) is 14.8 Å². The molecular weight excluding hydrogens is 290 g/mol. The summed E-state index contributed by atoms with van der Waals surface area (Å²) in [7, 11) is -3.61. The van der Waals surface area contributed by atoms with E-state index in [2.05, 4.69) is 4.72 Å². The number of ether oxygens (including phenoxy) is 1. The van der Waals surface area contributed by atoms with Crippen LogP contribution in [0.5, 0.6) is 0 Å². The molecule has 0 saturated carbocycles. The largest absolute Gasteiger partial charge is 0.373 e. The van der Waals surface area contributed by atoms with Gasteiger partial charge in [0.25, 0.3) is 0 Å². The Hall–Kier alpha value is -1.24. The number of Topliss-reactive ketones (excluding diaryl/α,β-unsaturated/α-hetero) is 1. The minimum absolute atomic E-state index is 0.00904. The van der Waals surface area contributed by atoms with E-state index >= 15 is 0 Å². The fraction of sp³-hybridized carbons (Fsp3) is 0.533. The second kappa shape index (κ2) is 5.51. The third kappa shape index (κ3) is 2.88. The lowest BCUT2D eigenvalue weighted by Crippen LogP contribution is -2.41. The minimum Gasteiger partial charge on any atom is -0.373 e. The summed E-state index contributed by atoms with van der Waals surface area (Å²) in [5, 5.41) is 0. The van der Waals surface area contributed by atoms with Gasteiger partial charge in [0.15, 0.2) is 5.78 Å². The molecule has 2 saturated heterocycles. The van der Waals surface area contributed by atoms with Crippen LogP contribution in [0.1, 0.15) is 43.0 Å². The van der Waals surface area contributed by atoms with Crippen LogP contribution in [0, 0.1) is 0 Å². The summed E-state index contributed by atoms with van der Waals surface area (Å²) in [4.78, 5) is 11.8. The van der Waals surface area contributed by atoms with Crippen molar-refractivity contribution in [2.24, 2.45) is 0 Å². The first-order valence-corrected chi connectivity index (χ1v) is 8.79. The zero-order valence-electron chi connectivity index (χ0n) is 11.9. The molecule has 3 atom stereocenters. The summed E-state index contributed by atoms with van der Waals surface area (Å²) >= 11 is 0. The number of hydrogen-bond acceptors (Lipinski definition) is 4. The van der Waals surface area contributed by atoms with Gasteiger partial charge in [-0.25, -0.2) is 13.1 Å². The molecule has 6 heteroatoms. The maximum Gasteiger partial charge on any atom is 0.240 e. The van der Waals surface area contributed by atoms with E-state index in [-0.39, 0.29) is 28.9 Å². The van der Waals surface area contributed by atoms with Crippen molar-refractivity contribution in [3.05, 3.63) is 29.8 Å². The first-order valence-electron chi connectivity index (χ1n) is 7.30. The minimum atomic E-state index is -3.61. The van der Waals surface area contributed by atoms with Gasteiger partial charge in [0, 0.05) is 12.0 Å². The predicted molar refractivity (Wildman–Crippen MR) is 77.7 cm³/mol. The summed E-state index contributed by atoms with van der Waals surface area (Å²) in [5.41, 5.74) is 0.435. The molecule has 3 rings (SSSR count). The standard InChI is InChI=1S/C15H19NO4S/c1-2-14(17)10-4-3-5-12(8-10)21(18,19)16-13-9-11-6-7-15(13)20-11/h3-5,8,11,13,15-16H,2,6-7,9H2,1H3. The normalized spacial score (nSPS) is 28.0. The lowest BCUT2D eigenvalue weighted by Gasteiger charge is -2.20. The van der Waals surface area contributed by atoms with Gasteiger partial charge >= 0.3 is 0 Å². The molecule has 5 nitrogen and oxygen atoms in total. The number of benzene rings is 1. The molecule has 2 bridgehead atoms. The molecule has 0 aromatic heterocycles. The summed E-state index contributed by atoms with van der Waals surface area (Å²) in [6.45, 7) is 1.76. The van der Waals surface area contributed by atoms with E-state index in [0.29, 0.717) is 12.0 Å². The van der Waals surface area contributed by atoms with Crippen LogP contribution in [0.4, 0.5) is 0 Å². The van der Waals surface area contributed by atoms with Gasteiger partial charge in [-0.05, 0) is 31.4 Å². The molecule has 2 aliphatic rings. The van der Waals surface area contributed by atoms with Crippen molar-refractivity contribution in [3.63, 3.8) is 0 Å². The van der Waals surface area contributed by atoms with E-state index in [9.17, 15) is 13.2 Å². The Labute approximate surface area is 124 Å². The first-order chi connectivity index (χ1) is 9.99. The monoisotopic (exact) mass is 309 g/mol. The van der Waals surface area contributed by atoms with E-state index in [0.717, 1.165) is 19.3 Å². The highest BCUT2D eigenvalue weighted by Gasteiger charge is 2.42. The zero-order chi connectivity index (χ0) is 15.0. The lowest BCUT2D eigenvalue weighted by molar-refractivity contribution is 0.0986. The van der Waals surface area contributed by atoms with Crippen molar-refractivity contribution in [1.82, 2.24) is 4.72 Å². The Balaban J connectivity index is 1.80. The molecule has 0 aliphatic carbocycles. The van der Waals surface area contributed by atoms with Crippen molar-refractivity contribution >= 4 is 15.8 Å². The van der Waals surface area contributed by atoms with E-state index in [1.807, 2.05) is 0 Å². The quantitative estimate of drug-likeness (QED) is 0.843. The fourth-order valence-electron chi connectivity index (χ4n) is 3.07. The van der Waals surface area contributed by atoms with Crippen molar-refractivity contribution in [2.45, 2.75) is 55.8 Å². The molecule has 3 unspecified atom stereocenters. The van der Waals surface area contributed by atoms with Crippen LogP contribution < -0.4 is 4.72 Å². The van der Waals surface area contributed by atoms with Crippen LogP contribution >= 0.6 is 0 Å². The smallest absolute Gasteiger partial charge is 0.240 e. The molecule has 1 aromatic carbocycles. The number of sulfonamides is 1. The lowest BCUT2D eigenvalue weighted by atomic mass is 9.96. The average molecular weight is 309 g/mol.